The Morgan fingerprint density at radius 1 is 1.38 bits per heavy atom. The van der Waals surface area contributed by atoms with Crippen molar-refractivity contribution >= 4 is 10.9 Å². The van der Waals surface area contributed by atoms with E-state index in [-0.39, 0.29) is 0 Å². The maximum Gasteiger partial charge on any atom is 0.0684 e. The van der Waals surface area contributed by atoms with Gasteiger partial charge in [-0.2, -0.15) is 5.10 Å². The summed E-state index contributed by atoms with van der Waals surface area (Å²) in [5.41, 5.74) is 5.57. The van der Waals surface area contributed by atoms with Gasteiger partial charge in [0.05, 0.1) is 11.2 Å². The minimum absolute atomic E-state index is 0.835. The van der Waals surface area contributed by atoms with Crippen LogP contribution in [0.5, 0.6) is 0 Å². The van der Waals surface area contributed by atoms with Gasteiger partial charge in [-0.1, -0.05) is 13.0 Å². The third-order valence-corrected chi connectivity index (χ3v) is 3.85. The average molecular weight is 214 g/mol. The number of aromatic nitrogens is 2. The zero-order valence-electron chi connectivity index (χ0n) is 10.2. The van der Waals surface area contributed by atoms with E-state index in [1.54, 1.807) is 11.1 Å². The minimum atomic E-state index is 0.835. The summed E-state index contributed by atoms with van der Waals surface area (Å²) in [7, 11) is 2.03. The summed E-state index contributed by atoms with van der Waals surface area (Å²) in [5, 5.41) is 5.94. The second kappa shape index (κ2) is 3.34. The van der Waals surface area contributed by atoms with E-state index >= 15 is 0 Å². The number of rotatable bonds is 0. The van der Waals surface area contributed by atoms with Gasteiger partial charge in [0.1, 0.15) is 0 Å². The first-order chi connectivity index (χ1) is 7.66. The van der Waals surface area contributed by atoms with Gasteiger partial charge in [0.2, 0.25) is 0 Å². The van der Waals surface area contributed by atoms with E-state index in [9.17, 15) is 0 Å². The van der Waals surface area contributed by atoms with Crippen LogP contribution in [0.1, 0.15) is 30.2 Å². The Hall–Kier alpha value is -1.31. The van der Waals surface area contributed by atoms with Crippen LogP contribution in [0.3, 0.4) is 0 Å². The van der Waals surface area contributed by atoms with Crippen LogP contribution in [0.25, 0.3) is 10.9 Å². The lowest BCUT2D eigenvalue weighted by Crippen LogP contribution is -2.11. The summed E-state index contributed by atoms with van der Waals surface area (Å²) in [6.07, 6.45) is 3.78. The van der Waals surface area contributed by atoms with Gasteiger partial charge in [0, 0.05) is 12.4 Å². The molecular formula is C14H18N2. The Morgan fingerprint density at radius 2 is 2.19 bits per heavy atom. The molecule has 3 rings (SSSR count). The van der Waals surface area contributed by atoms with Gasteiger partial charge in [-0.3, -0.25) is 4.68 Å². The topological polar surface area (TPSA) is 17.8 Å². The molecule has 1 unspecified atom stereocenters. The summed E-state index contributed by atoms with van der Waals surface area (Å²) in [6.45, 7) is 4.48. The average Bonchev–Trinajstić information content (AvgIpc) is 2.54. The van der Waals surface area contributed by atoms with Crippen molar-refractivity contribution in [2.75, 3.05) is 0 Å². The number of fused-ring (bicyclic) bond motifs is 3. The normalized spacial score (nSPS) is 20.1. The van der Waals surface area contributed by atoms with Crippen molar-refractivity contribution in [2.45, 2.75) is 33.1 Å². The van der Waals surface area contributed by atoms with Gasteiger partial charge in [0.25, 0.3) is 0 Å². The van der Waals surface area contributed by atoms with Gasteiger partial charge in [-0.05, 0) is 49.3 Å². The lowest BCUT2D eigenvalue weighted by atomic mass is 9.83. The molecule has 1 atom stereocenters. The lowest BCUT2D eigenvalue weighted by Gasteiger charge is -2.22. The van der Waals surface area contributed by atoms with Crippen molar-refractivity contribution in [3.05, 3.63) is 29.0 Å². The molecule has 1 heterocycles. The summed E-state index contributed by atoms with van der Waals surface area (Å²) >= 11 is 0. The molecule has 0 aliphatic heterocycles. The highest BCUT2D eigenvalue weighted by Gasteiger charge is 2.19. The van der Waals surface area contributed by atoms with Gasteiger partial charge in [-0.25, -0.2) is 0 Å². The molecule has 0 saturated heterocycles. The number of benzene rings is 1. The van der Waals surface area contributed by atoms with Gasteiger partial charge < -0.3 is 0 Å². The molecule has 0 fully saturated rings. The molecule has 1 aromatic carbocycles. The highest BCUT2D eigenvalue weighted by Crippen LogP contribution is 2.32. The van der Waals surface area contributed by atoms with E-state index in [2.05, 4.69) is 31.1 Å². The molecule has 1 aliphatic rings. The monoisotopic (exact) mass is 214 g/mol. The van der Waals surface area contributed by atoms with Crippen LogP contribution in [-0.4, -0.2) is 9.78 Å². The van der Waals surface area contributed by atoms with Gasteiger partial charge >= 0.3 is 0 Å². The summed E-state index contributed by atoms with van der Waals surface area (Å²) in [5.74, 6) is 0.835. The molecule has 2 heteroatoms. The summed E-state index contributed by atoms with van der Waals surface area (Å²) in [6, 6.07) is 4.53. The quantitative estimate of drug-likeness (QED) is 0.659. The molecule has 16 heavy (non-hydrogen) atoms. The van der Waals surface area contributed by atoms with E-state index in [4.69, 9.17) is 0 Å². The summed E-state index contributed by atoms with van der Waals surface area (Å²) in [4.78, 5) is 0. The number of aryl methyl sites for hydroxylation is 3. The highest BCUT2D eigenvalue weighted by molar-refractivity contribution is 5.86. The second-order valence-corrected chi connectivity index (χ2v) is 5.15. The van der Waals surface area contributed by atoms with E-state index < -0.39 is 0 Å². The zero-order chi connectivity index (χ0) is 11.3. The predicted molar refractivity (Wildman–Crippen MR) is 66.6 cm³/mol. The maximum atomic E-state index is 4.53. The van der Waals surface area contributed by atoms with Crippen molar-refractivity contribution in [1.29, 1.82) is 0 Å². The van der Waals surface area contributed by atoms with E-state index in [1.165, 1.54) is 35.9 Å². The zero-order valence-corrected chi connectivity index (χ0v) is 10.2. The number of nitrogens with zero attached hydrogens (tertiary/aromatic N) is 2. The Balaban J connectivity index is 2.31. The van der Waals surface area contributed by atoms with Crippen LogP contribution < -0.4 is 0 Å². The van der Waals surface area contributed by atoms with E-state index in [0.717, 1.165) is 5.92 Å². The van der Waals surface area contributed by atoms with E-state index in [0.29, 0.717) is 0 Å². The number of hydrogen-bond donors (Lipinski definition) is 0. The van der Waals surface area contributed by atoms with Crippen LogP contribution in [0.15, 0.2) is 12.1 Å². The first-order valence-corrected chi connectivity index (χ1v) is 6.11. The van der Waals surface area contributed by atoms with Crippen LogP contribution in [0.2, 0.25) is 0 Å². The molecule has 0 amide bonds. The van der Waals surface area contributed by atoms with E-state index in [1.807, 2.05) is 11.7 Å². The van der Waals surface area contributed by atoms with Gasteiger partial charge in [0.15, 0.2) is 0 Å². The van der Waals surface area contributed by atoms with Crippen molar-refractivity contribution in [3.8, 4) is 0 Å². The van der Waals surface area contributed by atoms with Crippen molar-refractivity contribution < 1.29 is 0 Å². The first kappa shape index (κ1) is 9.88. The molecule has 0 saturated carbocycles. The smallest absolute Gasteiger partial charge is 0.0684 e. The molecule has 0 spiro atoms. The fourth-order valence-electron chi connectivity index (χ4n) is 3.03. The largest absolute Gasteiger partial charge is 0.268 e. The molecular weight excluding hydrogens is 196 g/mol. The van der Waals surface area contributed by atoms with Gasteiger partial charge in [-0.15, -0.1) is 0 Å². The standard InChI is InChI=1S/C14H18N2/c1-9-4-6-12-11(8-9)5-7-13-14(12)10(2)15-16(13)3/h5,7,9H,4,6,8H2,1-3H3. The van der Waals surface area contributed by atoms with Crippen LogP contribution in [0, 0.1) is 12.8 Å². The SMILES string of the molecule is Cc1nn(C)c2ccc3c(c12)CCC(C)C3. The molecule has 0 bridgehead atoms. The van der Waals surface area contributed by atoms with Crippen LogP contribution in [0.4, 0.5) is 0 Å². The Kier molecular flexibility index (Phi) is 2.06. The molecule has 2 aromatic rings. The van der Waals surface area contributed by atoms with Crippen molar-refractivity contribution in [1.82, 2.24) is 9.78 Å². The Labute approximate surface area is 96.3 Å². The lowest BCUT2D eigenvalue weighted by molar-refractivity contribution is 0.503. The van der Waals surface area contributed by atoms with Crippen molar-refractivity contribution in [3.63, 3.8) is 0 Å². The van der Waals surface area contributed by atoms with Crippen molar-refractivity contribution in [2.24, 2.45) is 13.0 Å². The first-order valence-electron chi connectivity index (χ1n) is 6.11. The highest BCUT2D eigenvalue weighted by atomic mass is 15.3. The molecule has 0 N–H and O–H groups in total. The van der Waals surface area contributed by atoms with Crippen LogP contribution >= 0.6 is 0 Å². The number of hydrogen-bond acceptors (Lipinski definition) is 1. The molecule has 84 valence electrons. The predicted octanol–water partition coefficient (Wildman–Crippen LogP) is 3.01. The maximum absolute atomic E-state index is 4.53. The fraction of sp³-hybridized carbons (Fsp3) is 0.500. The Morgan fingerprint density at radius 3 is 3.00 bits per heavy atom. The second-order valence-electron chi connectivity index (χ2n) is 5.15. The third kappa shape index (κ3) is 1.29. The molecule has 0 radical (unpaired) electrons. The third-order valence-electron chi connectivity index (χ3n) is 3.85. The fourth-order valence-corrected chi connectivity index (χ4v) is 3.03. The Bertz CT molecular complexity index is 551. The molecule has 1 aliphatic carbocycles. The summed E-state index contributed by atoms with van der Waals surface area (Å²) < 4.78 is 2.00. The molecule has 2 nitrogen and oxygen atoms in total. The molecule has 1 aromatic heterocycles. The van der Waals surface area contributed by atoms with Crippen LogP contribution in [-0.2, 0) is 19.9 Å². The minimum Gasteiger partial charge on any atom is -0.268 e.